The van der Waals surface area contributed by atoms with Crippen molar-refractivity contribution in [2.45, 2.75) is 42.6 Å². The van der Waals surface area contributed by atoms with Crippen LogP contribution in [-0.4, -0.2) is 5.54 Å². The van der Waals surface area contributed by atoms with Crippen LogP contribution in [0.15, 0.2) is 56.7 Å². The smallest absolute Gasteiger partial charge is 0.137 e. The van der Waals surface area contributed by atoms with E-state index in [9.17, 15) is 4.39 Å². The minimum absolute atomic E-state index is 0.0291. The lowest BCUT2D eigenvalue weighted by molar-refractivity contribution is 0.423. The molecule has 0 aromatic heterocycles. The minimum Gasteiger partial charge on any atom is -0.308 e. The summed E-state index contributed by atoms with van der Waals surface area (Å²) in [5.74, 6) is -0.170. The molecule has 0 atom stereocenters. The third-order valence-electron chi connectivity index (χ3n) is 2.86. The highest BCUT2D eigenvalue weighted by Crippen LogP contribution is 2.31. The van der Waals surface area contributed by atoms with Crippen LogP contribution in [0.25, 0.3) is 0 Å². The van der Waals surface area contributed by atoms with Gasteiger partial charge in [0.15, 0.2) is 0 Å². The van der Waals surface area contributed by atoms with Gasteiger partial charge in [0, 0.05) is 26.3 Å². The maximum atomic E-state index is 14.2. The Kier molecular flexibility index (Phi) is 5.47. The molecule has 0 aliphatic heterocycles. The molecule has 0 aliphatic rings. The van der Waals surface area contributed by atoms with Crippen LogP contribution in [0.1, 0.15) is 26.3 Å². The van der Waals surface area contributed by atoms with Crippen molar-refractivity contribution in [1.29, 1.82) is 0 Å². The van der Waals surface area contributed by atoms with Gasteiger partial charge in [0.2, 0.25) is 0 Å². The van der Waals surface area contributed by atoms with Crippen LogP contribution in [0.5, 0.6) is 0 Å². The first-order chi connectivity index (χ1) is 9.83. The molecule has 112 valence electrons. The first kappa shape index (κ1) is 16.5. The first-order valence-corrected chi connectivity index (χ1v) is 8.41. The fourth-order valence-electron chi connectivity index (χ4n) is 1.73. The van der Waals surface area contributed by atoms with Gasteiger partial charge in [0.05, 0.1) is 0 Å². The third-order valence-corrected chi connectivity index (χ3v) is 4.45. The zero-order valence-corrected chi connectivity index (χ0v) is 14.8. The van der Waals surface area contributed by atoms with Crippen LogP contribution in [0, 0.1) is 5.82 Å². The second kappa shape index (κ2) is 6.95. The molecule has 0 aliphatic carbocycles. The van der Waals surface area contributed by atoms with Crippen LogP contribution in [-0.2, 0) is 6.54 Å². The predicted octanol–water partition coefficient (Wildman–Crippen LogP) is 5.63. The van der Waals surface area contributed by atoms with Gasteiger partial charge in [-0.05, 0) is 62.7 Å². The average Bonchev–Trinajstić information content (AvgIpc) is 2.41. The summed E-state index contributed by atoms with van der Waals surface area (Å²) >= 11 is 4.84. The van der Waals surface area contributed by atoms with E-state index in [4.69, 9.17) is 0 Å². The van der Waals surface area contributed by atoms with Crippen molar-refractivity contribution in [1.82, 2.24) is 5.32 Å². The highest BCUT2D eigenvalue weighted by Gasteiger charge is 2.10. The number of hydrogen-bond acceptors (Lipinski definition) is 2. The van der Waals surface area contributed by atoms with E-state index in [1.54, 1.807) is 6.07 Å². The molecule has 2 aromatic carbocycles. The Morgan fingerprint density at radius 1 is 1.10 bits per heavy atom. The number of nitrogens with one attached hydrogen (secondary N) is 1. The van der Waals surface area contributed by atoms with Crippen molar-refractivity contribution in [3.63, 3.8) is 0 Å². The van der Waals surface area contributed by atoms with Gasteiger partial charge in [-0.25, -0.2) is 4.39 Å². The van der Waals surface area contributed by atoms with Gasteiger partial charge in [-0.1, -0.05) is 33.8 Å². The molecule has 0 spiro atoms. The molecule has 1 nitrogen and oxygen atoms in total. The lowest BCUT2D eigenvalue weighted by Gasteiger charge is -2.20. The second-order valence-corrected chi connectivity index (χ2v) is 7.96. The molecule has 4 heteroatoms. The lowest BCUT2D eigenvalue weighted by Crippen LogP contribution is -2.35. The summed E-state index contributed by atoms with van der Waals surface area (Å²) < 4.78 is 15.2. The monoisotopic (exact) mass is 367 g/mol. The molecule has 0 saturated carbocycles. The summed E-state index contributed by atoms with van der Waals surface area (Å²) in [4.78, 5) is 1.68. The maximum Gasteiger partial charge on any atom is 0.137 e. The highest BCUT2D eigenvalue weighted by molar-refractivity contribution is 9.10. The Balaban J connectivity index is 2.07. The molecule has 0 amide bonds. The maximum absolute atomic E-state index is 14.2. The number of halogens is 2. The van der Waals surface area contributed by atoms with E-state index in [0.29, 0.717) is 11.4 Å². The van der Waals surface area contributed by atoms with Crippen molar-refractivity contribution in [3.05, 3.63) is 58.3 Å². The Hall–Kier alpha value is -0.840. The molecular weight excluding hydrogens is 349 g/mol. The van der Waals surface area contributed by atoms with Gasteiger partial charge >= 0.3 is 0 Å². The summed E-state index contributed by atoms with van der Waals surface area (Å²) in [5, 5.41) is 3.36. The summed E-state index contributed by atoms with van der Waals surface area (Å²) in [5.41, 5.74) is 0.990. The van der Waals surface area contributed by atoms with Crippen LogP contribution in [0.3, 0.4) is 0 Å². The molecule has 0 unspecified atom stereocenters. The SMILES string of the molecule is CC(C)(C)NCc1ccc(Sc2ccc(Br)cc2)c(F)c1. The van der Waals surface area contributed by atoms with E-state index >= 15 is 0 Å². The zero-order chi connectivity index (χ0) is 15.5. The summed E-state index contributed by atoms with van der Waals surface area (Å²) in [6.07, 6.45) is 0. The second-order valence-electron chi connectivity index (χ2n) is 5.92. The van der Waals surface area contributed by atoms with Gasteiger partial charge in [0.1, 0.15) is 5.82 Å². The van der Waals surface area contributed by atoms with Crippen LogP contribution in [0.2, 0.25) is 0 Å². The van der Waals surface area contributed by atoms with E-state index < -0.39 is 0 Å². The molecule has 21 heavy (non-hydrogen) atoms. The Labute approximate surface area is 138 Å². The normalized spacial score (nSPS) is 11.7. The lowest BCUT2D eigenvalue weighted by atomic mass is 10.1. The summed E-state index contributed by atoms with van der Waals surface area (Å²) in [6.45, 7) is 6.97. The highest BCUT2D eigenvalue weighted by atomic mass is 79.9. The van der Waals surface area contributed by atoms with E-state index in [-0.39, 0.29) is 11.4 Å². The van der Waals surface area contributed by atoms with Crippen LogP contribution >= 0.6 is 27.7 Å². The van der Waals surface area contributed by atoms with Crippen molar-refractivity contribution < 1.29 is 4.39 Å². The predicted molar refractivity (Wildman–Crippen MR) is 91.3 cm³/mol. The molecule has 2 rings (SSSR count). The molecule has 0 bridgehead atoms. The van der Waals surface area contributed by atoms with Gasteiger partial charge < -0.3 is 5.32 Å². The van der Waals surface area contributed by atoms with Gasteiger partial charge in [-0.2, -0.15) is 0 Å². The average molecular weight is 368 g/mol. The van der Waals surface area contributed by atoms with Crippen LogP contribution in [0.4, 0.5) is 4.39 Å². The van der Waals surface area contributed by atoms with E-state index in [1.807, 2.05) is 36.4 Å². The Morgan fingerprint density at radius 2 is 1.76 bits per heavy atom. The fraction of sp³-hybridized carbons (Fsp3) is 0.294. The molecule has 0 radical (unpaired) electrons. The topological polar surface area (TPSA) is 12.0 Å². The third kappa shape index (κ3) is 5.46. The van der Waals surface area contributed by atoms with Crippen molar-refractivity contribution in [3.8, 4) is 0 Å². The molecule has 2 aromatic rings. The van der Waals surface area contributed by atoms with E-state index in [0.717, 1.165) is 14.9 Å². The van der Waals surface area contributed by atoms with E-state index in [1.165, 1.54) is 11.8 Å². The Morgan fingerprint density at radius 3 is 2.33 bits per heavy atom. The number of hydrogen-bond donors (Lipinski definition) is 1. The van der Waals surface area contributed by atoms with Gasteiger partial charge in [0.25, 0.3) is 0 Å². The number of benzene rings is 2. The largest absolute Gasteiger partial charge is 0.308 e. The van der Waals surface area contributed by atoms with Crippen molar-refractivity contribution in [2.24, 2.45) is 0 Å². The molecule has 0 heterocycles. The first-order valence-electron chi connectivity index (χ1n) is 6.80. The Bertz CT molecular complexity index is 605. The van der Waals surface area contributed by atoms with E-state index in [2.05, 4.69) is 42.0 Å². The molecule has 0 fully saturated rings. The van der Waals surface area contributed by atoms with Gasteiger partial charge in [-0.3, -0.25) is 0 Å². The van der Waals surface area contributed by atoms with Crippen LogP contribution < -0.4 is 5.32 Å². The summed E-state index contributed by atoms with van der Waals surface area (Å²) in [7, 11) is 0. The zero-order valence-electron chi connectivity index (χ0n) is 12.4. The van der Waals surface area contributed by atoms with Crippen molar-refractivity contribution >= 4 is 27.7 Å². The standard InChI is InChI=1S/C17H19BrFNS/c1-17(2,3)20-11-12-4-9-16(15(19)10-12)21-14-7-5-13(18)6-8-14/h4-10,20H,11H2,1-3H3. The number of rotatable bonds is 4. The van der Waals surface area contributed by atoms with Gasteiger partial charge in [-0.15, -0.1) is 0 Å². The van der Waals surface area contributed by atoms with Crippen molar-refractivity contribution in [2.75, 3.05) is 0 Å². The molecule has 0 saturated heterocycles. The molecule has 1 N–H and O–H groups in total. The fourth-order valence-corrected chi connectivity index (χ4v) is 2.82. The molecular formula is C17H19BrFNS. The summed E-state index contributed by atoms with van der Waals surface area (Å²) in [6, 6.07) is 13.3. The minimum atomic E-state index is -0.170. The quantitative estimate of drug-likeness (QED) is 0.751.